The molecule has 2 rings (SSSR count). The van der Waals surface area contributed by atoms with E-state index in [1.807, 2.05) is 37.3 Å². The summed E-state index contributed by atoms with van der Waals surface area (Å²) in [5.74, 6) is 0.556. The molecule has 4 heteroatoms. The molecule has 0 atom stereocenters. The summed E-state index contributed by atoms with van der Waals surface area (Å²) in [4.78, 5) is 8.15. The minimum Gasteiger partial charge on any atom is -0.472 e. The maximum atomic E-state index is 5.63. The average molecular weight is 230 g/mol. The first-order chi connectivity index (χ1) is 8.29. The van der Waals surface area contributed by atoms with E-state index in [2.05, 4.69) is 9.97 Å². The van der Waals surface area contributed by atoms with Gasteiger partial charge in [0.25, 0.3) is 0 Å². The first-order valence-electron chi connectivity index (χ1n) is 5.34. The Morgan fingerprint density at radius 2 is 1.94 bits per heavy atom. The summed E-state index contributed by atoms with van der Waals surface area (Å²) in [7, 11) is 1.53. The van der Waals surface area contributed by atoms with Crippen LogP contribution in [0.3, 0.4) is 0 Å². The monoisotopic (exact) mass is 230 g/mol. The second-order valence-electron chi connectivity index (χ2n) is 3.62. The van der Waals surface area contributed by atoms with Crippen molar-refractivity contribution in [1.82, 2.24) is 9.97 Å². The molecule has 0 saturated heterocycles. The molecule has 0 aliphatic heterocycles. The molecule has 0 bridgehead atoms. The maximum Gasteiger partial charge on any atom is 0.319 e. The zero-order valence-corrected chi connectivity index (χ0v) is 9.88. The Balaban J connectivity index is 2.08. The molecule has 0 saturated carbocycles. The SMILES string of the molecule is COc1ncc(C)c(OCc2ccccc2)n1. The normalized spacial score (nSPS) is 10.0. The molecule has 4 nitrogen and oxygen atoms in total. The zero-order valence-electron chi connectivity index (χ0n) is 9.88. The third-order valence-corrected chi connectivity index (χ3v) is 2.30. The summed E-state index contributed by atoms with van der Waals surface area (Å²) in [6.45, 7) is 2.39. The van der Waals surface area contributed by atoms with Crippen LogP contribution in [0.25, 0.3) is 0 Å². The fourth-order valence-electron chi connectivity index (χ4n) is 1.38. The van der Waals surface area contributed by atoms with E-state index < -0.39 is 0 Å². The lowest BCUT2D eigenvalue weighted by Crippen LogP contribution is -2.01. The molecule has 2 aromatic rings. The second-order valence-corrected chi connectivity index (χ2v) is 3.62. The Hall–Kier alpha value is -2.10. The highest BCUT2D eigenvalue weighted by atomic mass is 16.5. The third kappa shape index (κ3) is 2.93. The number of hydrogen-bond acceptors (Lipinski definition) is 4. The predicted molar refractivity (Wildman–Crippen MR) is 64.1 cm³/mol. The number of rotatable bonds is 4. The van der Waals surface area contributed by atoms with E-state index >= 15 is 0 Å². The zero-order chi connectivity index (χ0) is 12.1. The van der Waals surface area contributed by atoms with E-state index in [-0.39, 0.29) is 0 Å². The summed E-state index contributed by atoms with van der Waals surface area (Å²) in [6, 6.07) is 10.3. The molecule has 17 heavy (non-hydrogen) atoms. The van der Waals surface area contributed by atoms with Gasteiger partial charge in [-0.15, -0.1) is 0 Å². The number of aryl methyl sites for hydroxylation is 1. The molecule has 1 aromatic heterocycles. The van der Waals surface area contributed by atoms with Gasteiger partial charge in [-0.25, -0.2) is 4.98 Å². The van der Waals surface area contributed by atoms with Crippen molar-refractivity contribution in [2.45, 2.75) is 13.5 Å². The first kappa shape index (κ1) is 11.4. The van der Waals surface area contributed by atoms with Crippen LogP contribution in [0.15, 0.2) is 36.5 Å². The van der Waals surface area contributed by atoms with Crippen molar-refractivity contribution in [3.8, 4) is 11.9 Å². The molecule has 0 N–H and O–H groups in total. The van der Waals surface area contributed by atoms with Crippen LogP contribution in [0.2, 0.25) is 0 Å². The van der Waals surface area contributed by atoms with Crippen molar-refractivity contribution in [3.63, 3.8) is 0 Å². The van der Waals surface area contributed by atoms with Crippen molar-refractivity contribution >= 4 is 0 Å². The van der Waals surface area contributed by atoms with Gasteiger partial charge in [0, 0.05) is 11.8 Å². The first-order valence-corrected chi connectivity index (χ1v) is 5.34. The topological polar surface area (TPSA) is 44.2 Å². The minimum absolute atomic E-state index is 0.318. The van der Waals surface area contributed by atoms with E-state index in [0.717, 1.165) is 11.1 Å². The number of methoxy groups -OCH3 is 1. The number of ether oxygens (including phenoxy) is 2. The average Bonchev–Trinajstić information content (AvgIpc) is 2.39. The largest absolute Gasteiger partial charge is 0.472 e. The van der Waals surface area contributed by atoms with Crippen LogP contribution in [0.1, 0.15) is 11.1 Å². The highest BCUT2D eigenvalue weighted by molar-refractivity contribution is 5.24. The molecule has 0 radical (unpaired) electrons. The summed E-state index contributed by atoms with van der Waals surface area (Å²) in [5, 5.41) is 0. The summed E-state index contributed by atoms with van der Waals surface area (Å²) < 4.78 is 10.6. The van der Waals surface area contributed by atoms with Gasteiger partial charge in [-0.05, 0) is 12.5 Å². The van der Waals surface area contributed by atoms with Gasteiger partial charge >= 0.3 is 6.01 Å². The fraction of sp³-hybridized carbons (Fsp3) is 0.231. The lowest BCUT2D eigenvalue weighted by molar-refractivity contribution is 0.281. The van der Waals surface area contributed by atoms with Crippen molar-refractivity contribution in [2.24, 2.45) is 0 Å². The Labute approximate surface area is 100 Å². The Morgan fingerprint density at radius 1 is 1.18 bits per heavy atom. The Bertz CT molecular complexity index is 486. The van der Waals surface area contributed by atoms with Crippen LogP contribution in [-0.2, 0) is 6.61 Å². The van der Waals surface area contributed by atoms with Gasteiger partial charge in [-0.3, -0.25) is 0 Å². The molecule has 88 valence electrons. The number of hydrogen-bond donors (Lipinski definition) is 0. The van der Waals surface area contributed by atoms with E-state index in [4.69, 9.17) is 9.47 Å². The van der Waals surface area contributed by atoms with Crippen molar-refractivity contribution < 1.29 is 9.47 Å². The van der Waals surface area contributed by atoms with E-state index in [0.29, 0.717) is 18.5 Å². The number of nitrogens with zero attached hydrogens (tertiary/aromatic N) is 2. The van der Waals surface area contributed by atoms with Crippen LogP contribution in [0.5, 0.6) is 11.9 Å². The van der Waals surface area contributed by atoms with Gasteiger partial charge in [-0.2, -0.15) is 4.98 Å². The lowest BCUT2D eigenvalue weighted by atomic mass is 10.2. The Kier molecular flexibility index (Phi) is 3.55. The van der Waals surface area contributed by atoms with Crippen molar-refractivity contribution in [1.29, 1.82) is 0 Å². The van der Waals surface area contributed by atoms with Gasteiger partial charge in [0.05, 0.1) is 7.11 Å². The van der Waals surface area contributed by atoms with Crippen LogP contribution in [-0.4, -0.2) is 17.1 Å². The number of aromatic nitrogens is 2. The maximum absolute atomic E-state index is 5.63. The summed E-state index contributed by atoms with van der Waals surface area (Å²) in [5.41, 5.74) is 1.99. The highest BCUT2D eigenvalue weighted by Crippen LogP contribution is 2.17. The van der Waals surface area contributed by atoms with Gasteiger partial charge in [0.15, 0.2) is 0 Å². The third-order valence-electron chi connectivity index (χ3n) is 2.30. The van der Waals surface area contributed by atoms with Crippen LogP contribution >= 0.6 is 0 Å². The molecule has 0 spiro atoms. The molecule has 0 amide bonds. The molecular formula is C13H14N2O2. The molecule has 1 heterocycles. The van der Waals surface area contributed by atoms with Crippen molar-refractivity contribution in [2.75, 3.05) is 7.11 Å². The molecule has 1 aromatic carbocycles. The standard InChI is InChI=1S/C13H14N2O2/c1-10-8-14-13(16-2)15-12(10)17-9-11-6-4-3-5-7-11/h3-8H,9H2,1-2H3. The Morgan fingerprint density at radius 3 is 2.65 bits per heavy atom. The quantitative estimate of drug-likeness (QED) is 0.808. The number of benzene rings is 1. The van der Waals surface area contributed by atoms with Crippen molar-refractivity contribution in [3.05, 3.63) is 47.7 Å². The van der Waals surface area contributed by atoms with Gasteiger partial charge < -0.3 is 9.47 Å². The lowest BCUT2D eigenvalue weighted by Gasteiger charge is -2.08. The minimum atomic E-state index is 0.318. The fourth-order valence-corrected chi connectivity index (χ4v) is 1.38. The van der Waals surface area contributed by atoms with Crippen LogP contribution in [0.4, 0.5) is 0 Å². The molecule has 0 fully saturated rings. The van der Waals surface area contributed by atoms with Crippen LogP contribution in [0, 0.1) is 6.92 Å². The van der Waals surface area contributed by atoms with Crippen LogP contribution < -0.4 is 9.47 Å². The van der Waals surface area contributed by atoms with Gasteiger partial charge in [0.1, 0.15) is 6.61 Å². The highest BCUT2D eigenvalue weighted by Gasteiger charge is 2.05. The van der Waals surface area contributed by atoms with E-state index in [9.17, 15) is 0 Å². The molecule has 0 unspecified atom stereocenters. The summed E-state index contributed by atoms with van der Waals surface area (Å²) in [6.07, 6.45) is 1.69. The van der Waals surface area contributed by atoms with Gasteiger partial charge in [0.2, 0.25) is 5.88 Å². The smallest absolute Gasteiger partial charge is 0.319 e. The van der Waals surface area contributed by atoms with Gasteiger partial charge in [-0.1, -0.05) is 30.3 Å². The molecule has 0 aliphatic carbocycles. The molecule has 0 aliphatic rings. The molecular weight excluding hydrogens is 216 g/mol. The second kappa shape index (κ2) is 5.30. The van der Waals surface area contributed by atoms with E-state index in [1.54, 1.807) is 6.20 Å². The van der Waals surface area contributed by atoms with E-state index in [1.165, 1.54) is 7.11 Å². The predicted octanol–water partition coefficient (Wildman–Crippen LogP) is 2.37. The summed E-state index contributed by atoms with van der Waals surface area (Å²) >= 11 is 0.